The van der Waals surface area contributed by atoms with Crippen molar-refractivity contribution in [3.8, 4) is 5.75 Å². The number of hydrogen-bond donors (Lipinski definition) is 2. The second kappa shape index (κ2) is 11.5. The first-order chi connectivity index (χ1) is 17.0. The Kier molecular flexibility index (Phi) is 7.98. The summed E-state index contributed by atoms with van der Waals surface area (Å²) in [6.07, 6.45) is 2.12. The summed E-state index contributed by atoms with van der Waals surface area (Å²) in [5.74, 6) is 0.385. The second-order valence-electron chi connectivity index (χ2n) is 8.86. The van der Waals surface area contributed by atoms with Gasteiger partial charge in [-0.2, -0.15) is 0 Å². The van der Waals surface area contributed by atoms with Crippen LogP contribution in [0, 0.1) is 11.7 Å². The number of halogens is 1. The SMILES string of the molecule is CC1CCN(c2ccc(NC(=O)COc3ccccc3)cc2C(=O)NCc2ccc(F)cc2)CC1. The Morgan fingerprint density at radius 1 is 1.00 bits per heavy atom. The van der Waals surface area contributed by atoms with Crippen molar-refractivity contribution in [1.29, 1.82) is 0 Å². The monoisotopic (exact) mass is 475 g/mol. The molecule has 1 saturated heterocycles. The van der Waals surface area contributed by atoms with Gasteiger partial charge >= 0.3 is 0 Å². The predicted molar refractivity (Wildman–Crippen MR) is 135 cm³/mol. The largest absolute Gasteiger partial charge is 0.484 e. The molecule has 182 valence electrons. The van der Waals surface area contributed by atoms with Crippen molar-refractivity contribution < 1.29 is 18.7 Å². The van der Waals surface area contributed by atoms with E-state index in [1.54, 1.807) is 30.3 Å². The Balaban J connectivity index is 1.48. The first-order valence-electron chi connectivity index (χ1n) is 11.9. The molecule has 35 heavy (non-hydrogen) atoms. The van der Waals surface area contributed by atoms with E-state index in [0.29, 0.717) is 22.9 Å². The number of carbonyl (C=O) groups excluding carboxylic acids is 2. The Bertz CT molecular complexity index is 1140. The molecule has 3 aromatic carbocycles. The van der Waals surface area contributed by atoms with E-state index in [0.717, 1.165) is 37.2 Å². The fourth-order valence-corrected chi connectivity index (χ4v) is 4.06. The second-order valence-corrected chi connectivity index (χ2v) is 8.86. The van der Waals surface area contributed by atoms with Crippen LogP contribution in [0.5, 0.6) is 5.75 Å². The minimum Gasteiger partial charge on any atom is -0.484 e. The highest BCUT2D eigenvalue weighted by atomic mass is 19.1. The Morgan fingerprint density at radius 3 is 2.43 bits per heavy atom. The number of piperidine rings is 1. The number of anilines is 2. The van der Waals surface area contributed by atoms with Gasteiger partial charge < -0.3 is 20.3 Å². The van der Waals surface area contributed by atoms with E-state index in [-0.39, 0.29) is 30.8 Å². The van der Waals surface area contributed by atoms with Crippen LogP contribution in [0.15, 0.2) is 72.8 Å². The Labute approximate surface area is 205 Å². The topological polar surface area (TPSA) is 70.7 Å². The maximum Gasteiger partial charge on any atom is 0.262 e. The van der Waals surface area contributed by atoms with Gasteiger partial charge in [0.05, 0.1) is 5.56 Å². The molecular formula is C28H30FN3O3. The molecule has 0 spiro atoms. The van der Waals surface area contributed by atoms with Gasteiger partial charge in [0.15, 0.2) is 6.61 Å². The van der Waals surface area contributed by atoms with Gasteiger partial charge in [-0.05, 0) is 66.8 Å². The minimum absolute atomic E-state index is 0.137. The van der Waals surface area contributed by atoms with Crippen molar-refractivity contribution in [2.75, 3.05) is 29.9 Å². The molecule has 0 atom stereocenters. The lowest BCUT2D eigenvalue weighted by Gasteiger charge is -2.33. The first kappa shape index (κ1) is 24.3. The molecule has 2 N–H and O–H groups in total. The third kappa shape index (κ3) is 6.82. The number of benzene rings is 3. The molecule has 3 aromatic rings. The van der Waals surface area contributed by atoms with Gasteiger partial charge in [-0.15, -0.1) is 0 Å². The van der Waals surface area contributed by atoms with E-state index in [9.17, 15) is 14.0 Å². The average Bonchev–Trinajstić information content (AvgIpc) is 2.88. The molecule has 7 heteroatoms. The van der Waals surface area contributed by atoms with Crippen LogP contribution in [0.1, 0.15) is 35.7 Å². The van der Waals surface area contributed by atoms with Gasteiger partial charge in [0.1, 0.15) is 11.6 Å². The summed E-state index contributed by atoms with van der Waals surface area (Å²) in [6.45, 7) is 4.12. The molecule has 1 heterocycles. The molecule has 0 saturated carbocycles. The van der Waals surface area contributed by atoms with E-state index in [1.165, 1.54) is 12.1 Å². The van der Waals surface area contributed by atoms with E-state index >= 15 is 0 Å². The fraction of sp³-hybridized carbons (Fsp3) is 0.286. The van der Waals surface area contributed by atoms with E-state index in [2.05, 4.69) is 22.5 Å². The zero-order valence-corrected chi connectivity index (χ0v) is 19.8. The summed E-state index contributed by atoms with van der Waals surface area (Å²) < 4.78 is 18.7. The van der Waals surface area contributed by atoms with Gasteiger partial charge in [0.25, 0.3) is 11.8 Å². The number of rotatable bonds is 8. The summed E-state index contributed by atoms with van der Waals surface area (Å²) >= 11 is 0. The highest BCUT2D eigenvalue weighted by molar-refractivity contribution is 6.02. The lowest BCUT2D eigenvalue weighted by Crippen LogP contribution is -2.35. The number of carbonyl (C=O) groups is 2. The molecule has 0 aliphatic carbocycles. The van der Waals surface area contributed by atoms with Crippen molar-refractivity contribution >= 4 is 23.2 Å². The van der Waals surface area contributed by atoms with Crippen LogP contribution in [0.4, 0.5) is 15.8 Å². The smallest absolute Gasteiger partial charge is 0.262 e. The maximum atomic E-state index is 13.2. The maximum absolute atomic E-state index is 13.2. The van der Waals surface area contributed by atoms with Gasteiger partial charge in [-0.3, -0.25) is 9.59 Å². The van der Waals surface area contributed by atoms with Crippen molar-refractivity contribution in [3.63, 3.8) is 0 Å². The van der Waals surface area contributed by atoms with Crippen LogP contribution in [-0.4, -0.2) is 31.5 Å². The van der Waals surface area contributed by atoms with Gasteiger partial charge in [0, 0.05) is 31.0 Å². The molecule has 0 aromatic heterocycles. The summed E-state index contributed by atoms with van der Waals surface area (Å²) in [5, 5.41) is 5.75. The first-order valence-corrected chi connectivity index (χ1v) is 11.9. The van der Waals surface area contributed by atoms with Gasteiger partial charge in [0.2, 0.25) is 0 Å². The molecular weight excluding hydrogens is 445 g/mol. The summed E-state index contributed by atoms with van der Waals surface area (Å²) in [5.41, 5.74) is 2.65. The lowest BCUT2D eigenvalue weighted by atomic mass is 9.97. The van der Waals surface area contributed by atoms with Crippen molar-refractivity contribution in [1.82, 2.24) is 5.32 Å². The predicted octanol–water partition coefficient (Wildman–Crippen LogP) is 5.01. The highest BCUT2D eigenvalue weighted by Gasteiger charge is 2.22. The highest BCUT2D eigenvalue weighted by Crippen LogP contribution is 2.29. The van der Waals surface area contributed by atoms with Crippen LogP contribution >= 0.6 is 0 Å². The van der Waals surface area contributed by atoms with Crippen LogP contribution < -0.4 is 20.3 Å². The standard InChI is InChI=1S/C28H30FN3O3/c1-20-13-15-32(16-14-20)26-12-11-23(31-27(33)19-35-24-5-3-2-4-6-24)17-25(26)28(34)30-18-21-7-9-22(29)10-8-21/h2-12,17,20H,13-16,18-19H2,1H3,(H,30,34)(H,31,33). The Morgan fingerprint density at radius 2 is 1.71 bits per heavy atom. The van der Waals surface area contributed by atoms with Gasteiger partial charge in [-0.25, -0.2) is 4.39 Å². The summed E-state index contributed by atoms with van der Waals surface area (Å²) in [7, 11) is 0. The molecule has 0 radical (unpaired) electrons. The number of nitrogens with zero attached hydrogens (tertiary/aromatic N) is 1. The molecule has 6 nitrogen and oxygen atoms in total. The number of ether oxygens (including phenoxy) is 1. The third-order valence-corrected chi connectivity index (χ3v) is 6.13. The number of para-hydroxylation sites is 1. The van der Waals surface area contributed by atoms with Gasteiger partial charge in [-0.1, -0.05) is 37.3 Å². The molecule has 0 unspecified atom stereocenters. The molecule has 0 bridgehead atoms. The molecule has 1 aliphatic heterocycles. The number of hydrogen-bond acceptors (Lipinski definition) is 4. The minimum atomic E-state index is -0.318. The summed E-state index contributed by atoms with van der Waals surface area (Å²) in [4.78, 5) is 27.9. The van der Waals surface area contributed by atoms with Crippen molar-refractivity contribution in [2.24, 2.45) is 5.92 Å². The molecule has 1 fully saturated rings. The summed E-state index contributed by atoms with van der Waals surface area (Å²) in [6, 6.07) is 20.5. The number of amides is 2. The van der Waals surface area contributed by atoms with Crippen LogP contribution in [0.3, 0.4) is 0 Å². The average molecular weight is 476 g/mol. The van der Waals surface area contributed by atoms with Crippen LogP contribution in [-0.2, 0) is 11.3 Å². The lowest BCUT2D eigenvalue weighted by molar-refractivity contribution is -0.118. The number of nitrogens with one attached hydrogen (secondary N) is 2. The zero-order valence-electron chi connectivity index (χ0n) is 19.8. The Hall–Kier alpha value is -3.87. The van der Waals surface area contributed by atoms with E-state index in [1.807, 2.05) is 30.3 Å². The molecule has 1 aliphatic rings. The zero-order chi connectivity index (χ0) is 24.6. The molecule has 4 rings (SSSR count). The quantitative estimate of drug-likeness (QED) is 0.481. The van der Waals surface area contributed by atoms with Crippen LogP contribution in [0.2, 0.25) is 0 Å². The van der Waals surface area contributed by atoms with Crippen molar-refractivity contribution in [2.45, 2.75) is 26.3 Å². The van der Waals surface area contributed by atoms with E-state index < -0.39 is 0 Å². The fourth-order valence-electron chi connectivity index (χ4n) is 4.06. The normalized spacial score (nSPS) is 13.8. The molecule has 2 amide bonds. The van der Waals surface area contributed by atoms with Crippen molar-refractivity contribution in [3.05, 3.63) is 89.7 Å². The third-order valence-electron chi connectivity index (χ3n) is 6.13. The van der Waals surface area contributed by atoms with E-state index in [4.69, 9.17) is 4.74 Å². The van der Waals surface area contributed by atoms with Crippen LogP contribution in [0.25, 0.3) is 0 Å².